The third-order valence-corrected chi connectivity index (χ3v) is 3.91. The van der Waals surface area contributed by atoms with Crippen LogP contribution >= 0.6 is 23.2 Å². The molecule has 1 aliphatic rings. The lowest BCUT2D eigenvalue weighted by molar-refractivity contribution is 0.103. The summed E-state index contributed by atoms with van der Waals surface area (Å²) in [5.74, 6) is 0.746. The van der Waals surface area contributed by atoms with Crippen LogP contribution in [-0.2, 0) is 6.42 Å². The van der Waals surface area contributed by atoms with Crippen molar-refractivity contribution in [2.45, 2.75) is 12.8 Å². The summed E-state index contributed by atoms with van der Waals surface area (Å²) < 4.78 is 5.55. The molecule has 1 aliphatic heterocycles. The predicted octanol–water partition coefficient (Wildman–Crippen LogP) is 4.55. The molecular formula is C16H12Cl2O2. The van der Waals surface area contributed by atoms with E-state index in [9.17, 15) is 4.79 Å². The van der Waals surface area contributed by atoms with Gasteiger partial charge in [0.25, 0.3) is 0 Å². The molecule has 0 aliphatic carbocycles. The first-order valence-corrected chi connectivity index (χ1v) is 7.16. The second-order valence-electron chi connectivity index (χ2n) is 4.73. The number of rotatable bonds is 2. The molecule has 2 aromatic carbocycles. The van der Waals surface area contributed by atoms with Gasteiger partial charge in [0.05, 0.1) is 11.6 Å². The highest BCUT2D eigenvalue weighted by molar-refractivity contribution is 6.36. The SMILES string of the molecule is O=C(c1ccc2c(c1)CCCO2)c1cc(Cl)ccc1Cl. The van der Waals surface area contributed by atoms with E-state index < -0.39 is 0 Å². The van der Waals surface area contributed by atoms with Crippen LogP contribution in [0.3, 0.4) is 0 Å². The monoisotopic (exact) mass is 306 g/mol. The van der Waals surface area contributed by atoms with Crippen LogP contribution in [0.1, 0.15) is 27.9 Å². The average Bonchev–Trinajstić information content (AvgIpc) is 2.48. The minimum absolute atomic E-state index is 0.120. The topological polar surface area (TPSA) is 26.3 Å². The quantitative estimate of drug-likeness (QED) is 0.761. The molecular weight excluding hydrogens is 295 g/mol. The molecule has 0 saturated carbocycles. The summed E-state index contributed by atoms with van der Waals surface area (Å²) in [6.45, 7) is 0.737. The Labute approximate surface area is 127 Å². The van der Waals surface area contributed by atoms with Crippen molar-refractivity contribution < 1.29 is 9.53 Å². The second kappa shape index (κ2) is 5.47. The van der Waals surface area contributed by atoms with Crippen LogP contribution in [0.4, 0.5) is 0 Å². The van der Waals surface area contributed by atoms with Crippen LogP contribution in [0.25, 0.3) is 0 Å². The summed E-state index contributed by atoms with van der Waals surface area (Å²) in [5.41, 5.74) is 2.11. The van der Waals surface area contributed by atoms with E-state index in [2.05, 4.69) is 0 Å². The van der Waals surface area contributed by atoms with E-state index in [1.54, 1.807) is 24.3 Å². The molecule has 2 aromatic rings. The Morgan fingerprint density at radius 3 is 2.80 bits per heavy atom. The zero-order valence-electron chi connectivity index (χ0n) is 10.7. The van der Waals surface area contributed by atoms with Crippen LogP contribution in [0.2, 0.25) is 10.0 Å². The molecule has 3 rings (SSSR count). The first kappa shape index (κ1) is 13.5. The maximum absolute atomic E-state index is 12.5. The summed E-state index contributed by atoms with van der Waals surface area (Å²) in [6.07, 6.45) is 1.91. The number of carbonyl (C=O) groups excluding carboxylic acids is 1. The van der Waals surface area contributed by atoms with Crippen molar-refractivity contribution in [3.05, 3.63) is 63.1 Å². The summed E-state index contributed by atoms with van der Waals surface area (Å²) >= 11 is 12.0. The Bertz CT molecular complexity index is 680. The summed E-state index contributed by atoms with van der Waals surface area (Å²) in [6, 6.07) is 10.4. The van der Waals surface area contributed by atoms with Crippen molar-refractivity contribution >= 4 is 29.0 Å². The van der Waals surface area contributed by atoms with E-state index in [1.807, 2.05) is 12.1 Å². The highest BCUT2D eigenvalue weighted by atomic mass is 35.5. The van der Waals surface area contributed by atoms with Gasteiger partial charge in [0.15, 0.2) is 5.78 Å². The van der Waals surface area contributed by atoms with Gasteiger partial charge < -0.3 is 4.74 Å². The largest absolute Gasteiger partial charge is 0.493 e. The van der Waals surface area contributed by atoms with Crippen LogP contribution in [0.5, 0.6) is 5.75 Å². The van der Waals surface area contributed by atoms with Crippen LogP contribution in [0, 0.1) is 0 Å². The Balaban J connectivity index is 2.00. The van der Waals surface area contributed by atoms with E-state index in [-0.39, 0.29) is 5.78 Å². The maximum Gasteiger partial charge on any atom is 0.194 e. The lowest BCUT2D eigenvalue weighted by Crippen LogP contribution is -2.10. The number of ether oxygens (including phenoxy) is 1. The molecule has 0 fully saturated rings. The van der Waals surface area contributed by atoms with Crippen molar-refractivity contribution in [1.82, 2.24) is 0 Å². The van der Waals surface area contributed by atoms with Crippen molar-refractivity contribution in [2.75, 3.05) is 6.61 Å². The number of benzene rings is 2. The minimum Gasteiger partial charge on any atom is -0.493 e. The van der Waals surface area contributed by atoms with Gasteiger partial charge in [-0.1, -0.05) is 23.2 Å². The second-order valence-corrected chi connectivity index (χ2v) is 5.57. The molecule has 0 atom stereocenters. The molecule has 20 heavy (non-hydrogen) atoms. The summed E-state index contributed by atoms with van der Waals surface area (Å²) in [4.78, 5) is 12.5. The molecule has 1 heterocycles. The molecule has 2 nitrogen and oxygen atoms in total. The zero-order chi connectivity index (χ0) is 14.1. The molecule has 0 amide bonds. The lowest BCUT2D eigenvalue weighted by atomic mass is 9.98. The highest BCUT2D eigenvalue weighted by Gasteiger charge is 2.17. The fraction of sp³-hybridized carbons (Fsp3) is 0.188. The van der Waals surface area contributed by atoms with Crippen molar-refractivity contribution in [2.24, 2.45) is 0 Å². The molecule has 0 spiro atoms. The first-order valence-electron chi connectivity index (χ1n) is 6.40. The van der Waals surface area contributed by atoms with Crippen LogP contribution in [-0.4, -0.2) is 12.4 Å². The van der Waals surface area contributed by atoms with Crippen LogP contribution < -0.4 is 4.74 Å². The van der Waals surface area contributed by atoms with E-state index in [0.717, 1.165) is 30.8 Å². The fourth-order valence-electron chi connectivity index (χ4n) is 2.33. The lowest BCUT2D eigenvalue weighted by Gasteiger charge is -2.17. The highest BCUT2D eigenvalue weighted by Crippen LogP contribution is 2.28. The minimum atomic E-state index is -0.120. The van der Waals surface area contributed by atoms with Crippen molar-refractivity contribution in [1.29, 1.82) is 0 Å². The van der Waals surface area contributed by atoms with E-state index in [1.165, 1.54) is 0 Å². The first-order chi connectivity index (χ1) is 9.65. The van der Waals surface area contributed by atoms with Gasteiger partial charge in [0, 0.05) is 16.1 Å². The van der Waals surface area contributed by atoms with Gasteiger partial charge in [-0.2, -0.15) is 0 Å². The number of hydrogen-bond acceptors (Lipinski definition) is 2. The fourth-order valence-corrected chi connectivity index (χ4v) is 2.70. The number of halogens is 2. The predicted molar refractivity (Wildman–Crippen MR) is 80.2 cm³/mol. The Morgan fingerprint density at radius 1 is 1.10 bits per heavy atom. The standard InChI is InChI=1S/C16H12Cl2O2/c17-12-4-5-14(18)13(9-12)16(19)11-3-6-15-10(8-11)2-1-7-20-15/h3-6,8-9H,1-2,7H2. The van der Waals surface area contributed by atoms with Gasteiger partial charge in [-0.25, -0.2) is 0 Å². The molecule has 0 radical (unpaired) electrons. The van der Waals surface area contributed by atoms with Gasteiger partial charge in [-0.15, -0.1) is 0 Å². The molecule has 4 heteroatoms. The van der Waals surface area contributed by atoms with E-state index in [0.29, 0.717) is 21.2 Å². The third kappa shape index (κ3) is 2.54. The Hall–Kier alpha value is -1.51. The smallest absolute Gasteiger partial charge is 0.194 e. The van der Waals surface area contributed by atoms with Gasteiger partial charge in [0.2, 0.25) is 0 Å². The van der Waals surface area contributed by atoms with Gasteiger partial charge >= 0.3 is 0 Å². The van der Waals surface area contributed by atoms with E-state index in [4.69, 9.17) is 27.9 Å². The maximum atomic E-state index is 12.5. The van der Waals surface area contributed by atoms with Gasteiger partial charge in [0.1, 0.15) is 5.75 Å². The number of carbonyl (C=O) groups is 1. The zero-order valence-corrected chi connectivity index (χ0v) is 12.2. The molecule has 0 N–H and O–H groups in total. The summed E-state index contributed by atoms with van der Waals surface area (Å²) in [5, 5.41) is 0.910. The number of aryl methyl sites for hydroxylation is 1. The van der Waals surface area contributed by atoms with E-state index >= 15 is 0 Å². The molecule has 0 unspecified atom stereocenters. The van der Waals surface area contributed by atoms with Crippen LogP contribution in [0.15, 0.2) is 36.4 Å². The Kier molecular flexibility index (Phi) is 3.68. The average molecular weight is 307 g/mol. The van der Waals surface area contributed by atoms with Gasteiger partial charge in [-0.3, -0.25) is 4.79 Å². The normalized spacial score (nSPS) is 13.5. The molecule has 0 aromatic heterocycles. The third-order valence-electron chi connectivity index (χ3n) is 3.34. The van der Waals surface area contributed by atoms with Gasteiger partial charge in [-0.05, 0) is 54.8 Å². The van der Waals surface area contributed by atoms with Crippen molar-refractivity contribution in [3.8, 4) is 5.75 Å². The number of hydrogen-bond donors (Lipinski definition) is 0. The summed E-state index contributed by atoms with van der Waals surface area (Å²) in [7, 11) is 0. The molecule has 0 saturated heterocycles. The molecule has 0 bridgehead atoms. The van der Waals surface area contributed by atoms with Crippen molar-refractivity contribution in [3.63, 3.8) is 0 Å². The number of fused-ring (bicyclic) bond motifs is 1. The number of ketones is 1. The molecule has 102 valence electrons. The Morgan fingerprint density at radius 2 is 1.95 bits per heavy atom.